The van der Waals surface area contributed by atoms with E-state index >= 15 is 0 Å². The minimum atomic E-state index is -0.132. The van der Waals surface area contributed by atoms with Gasteiger partial charge in [0.05, 0.1) is 5.56 Å². The van der Waals surface area contributed by atoms with Crippen LogP contribution in [0.3, 0.4) is 0 Å². The van der Waals surface area contributed by atoms with Gasteiger partial charge in [0, 0.05) is 27.2 Å². The SMILES string of the molecule is CNCCC1CCN(C(=O)c2ccccc2OCC(=O)N(C)C)CC1. The lowest BCUT2D eigenvalue weighted by Gasteiger charge is -2.32. The van der Waals surface area contributed by atoms with Gasteiger partial charge in [-0.15, -0.1) is 0 Å². The van der Waals surface area contributed by atoms with E-state index in [9.17, 15) is 9.59 Å². The number of ether oxygens (including phenoxy) is 1. The Kier molecular flexibility index (Phi) is 7.25. The molecule has 0 aromatic heterocycles. The van der Waals surface area contributed by atoms with Crippen LogP contribution in [0, 0.1) is 5.92 Å². The Hall–Kier alpha value is -2.08. The molecule has 25 heavy (non-hydrogen) atoms. The van der Waals surface area contributed by atoms with Crippen LogP contribution in [0.5, 0.6) is 5.75 Å². The normalized spacial score (nSPS) is 15.1. The Morgan fingerprint density at radius 1 is 1.24 bits per heavy atom. The van der Waals surface area contributed by atoms with Gasteiger partial charge in [-0.1, -0.05) is 12.1 Å². The van der Waals surface area contributed by atoms with E-state index in [0.29, 0.717) is 17.2 Å². The number of benzene rings is 1. The van der Waals surface area contributed by atoms with Gasteiger partial charge in [-0.3, -0.25) is 9.59 Å². The van der Waals surface area contributed by atoms with Crippen molar-refractivity contribution in [1.82, 2.24) is 15.1 Å². The van der Waals surface area contributed by atoms with Gasteiger partial charge in [0.25, 0.3) is 11.8 Å². The molecule has 2 rings (SSSR count). The fourth-order valence-corrected chi connectivity index (χ4v) is 2.98. The van der Waals surface area contributed by atoms with Crippen molar-refractivity contribution in [2.75, 3.05) is 47.4 Å². The molecule has 0 unspecified atom stereocenters. The molecular formula is C19H29N3O3. The fraction of sp³-hybridized carbons (Fsp3) is 0.579. The summed E-state index contributed by atoms with van der Waals surface area (Å²) in [4.78, 5) is 27.9. The van der Waals surface area contributed by atoms with Gasteiger partial charge in [0.15, 0.2) is 6.61 Å². The molecule has 1 aliphatic heterocycles. The summed E-state index contributed by atoms with van der Waals surface area (Å²) in [5.74, 6) is 1.01. The predicted molar refractivity (Wildman–Crippen MR) is 97.8 cm³/mol. The highest BCUT2D eigenvalue weighted by Crippen LogP contribution is 2.25. The molecule has 0 atom stereocenters. The number of nitrogens with zero attached hydrogens (tertiary/aromatic N) is 2. The van der Waals surface area contributed by atoms with Gasteiger partial charge in [0.1, 0.15) is 5.75 Å². The summed E-state index contributed by atoms with van der Waals surface area (Å²) in [6, 6.07) is 7.16. The Balaban J connectivity index is 1.97. The second kappa shape index (κ2) is 9.42. The van der Waals surface area contributed by atoms with Crippen molar-refractivity contribution in [2.24, 2.45) is 5.92 Å². The lowest BCUT2D eigenvalue weighted by Crippen LogP contribution is -2.39. The number of rotatable bonds is 7. The maximum atomic E-state index is 12.9. The van der Waals surface area contributed by atoms with Crippen LogP contribution < -0.4 is 10.1 Å². The lowest BCUT2D eigenvalue weighted by molar-refractivity contribution is -0.130. The van der Waals surface area contributed by atoms with Crippen LogP contribution in [0.2, 0.25) is 0 Å². The quantitative estimate of drug-likeness (QED) is 0.814. The fourth-order valence-electron chi connectivity index (χ4n) is 2.98. The first-order valence-corrected chi connectivity index (χ1v) is 8.88. The Morgan fingerprint density at radius 3 is 2.56 bits per heavy atom. The second-order valence-corrected chi connectivity index (χ2v) is 6.70. The Labute approximate surface area is 150 Å². The van der Waals surface area contributed by atoms with Gasteiger partial charge in [0.2, 0.25) is 0 Å². The van der Waals surface area contributed by atoms with Crippen LogP contribution in [-0.2, 0) is 4.79 Å². The summed E-state index contributed by atoms with van der Waals surface area (Å²) < 4.78 is 5.60. The van der Waals surface area contributed by atoms with Gasteiger partial charge < -0.3 is 19.9 Å². The average molecular weight is 347 g/mol. The van der Waals surface area contributed by atoms with E-state index in [2.05, 4.69) is 5.32 Å². The first-order valence-electron chi connectivity index (χ1n) is 8.88. The molecular weight excluding hydrogens is 318 g/mol. The van der Waals surface area contributed by atoms with Crippen LogP contribution in [-0.4, -0.2) is 69.0 Å². The van der Waals surface area contributed by atoms with Crippen LogP contribution in [0.1, 0.15) is 29.6 Å². The first kappa shape index (κ1) is 19.2. The molecule has 0 saturated carbocycles. The van der Waals surface area contributed by atoms with Crippen molar-refractivity contribution in [3.05, 3.63) is 29.8 Å². The van der Waals surface area contributed by atoms with Crippen LogP contribution >= 0.6 is 0 Å². The summed E-state index contributed by atoms with van der Waals surface area (Å²) >= 11 is 0. The molecule has 1 aromatic carbocycles. The number of hydrogen-bond acceptors (Lipinski definition) is 4. The molecule has 0 aliphatic carbocycles. The number of carbonyl (C=O) groups excluding carboxylic acids is 2. The van der Waals surface area contributed by atoms with E-state index in [1.165, 1.54) is 4.90 Å². The summed E-state index contributed by atoms with van der Waals surface area (Å²) in [6.07, 6.45) is 3.23. The van der Waals surface area contributed by atoms with Crippen molar-refractivity contribution >= 4 is 11.8 Å². The summed E-state index contributed by atoms with van der Waals surface area (Å²) in [6.45, 7) is 2.51. The van der Waals surface area contributed by atoms with Crippen molar-refractivity contribution in [3.63, 3.8) is 0 Å². The number of nitrogens with one attached hydrogen (secondary N) is 1. The van der Waals surface area contributed by atoms with E-state index in [1.54, 1.807) is 26.2 Å². The van der Waals surface area contributed by atoms with E-state index in [4.69, 9.17) is 4.74 Å². The third kappa shape index (κ3) is 5.46. The molecule has 0 spiro atoms. The standard InChI is InChI=1S/C19H29N3O3/c1-20-11-8-15-9-12-22(13-10-15)19(24)16-6-4-5-7-17(16)25-14-18(23)21(2)3/h4-7,15,20H,8-14H2,1-3H3. The van der Waals surface area contributed by atoms with E-state index in [0.717, 1.165) is 38.9 Å². The number of piperidine rings is 1. The zero-order chi connectivity index (χ0) is 18.2. The molecule has 1 N–H and O–H groups in total. The van der Waals surface area contributed by atoms with Crippen LogP contribution in [0.25, 0.3) is 0 Å². The molecule has 1 fully saturated rings. The number of amides is 2. The number of likely N-dealkylation sites (tertiary alicyclic amines) is 1. The maximum Gasteiger partial charge on any atom is 0.259 e. The van der Waals surface area contributed by atoms with Crippen molar-refractivity contribution in [3.8, 4) is 5.75 Å². The van der Waals surface area contributed by atoms with Gasteiger partial charge in [-0.25, -0.2) is 0 Å². The number of hydrogen-bond donors (Lipinski definition) is 1. The summed E-state index contributed by atoms with van der Waals surface area (Å²) in [5, 5.41) is 3.19. The molecule has 0 bridgehead atoms. The minimum Gasteiger partial charge on any atom is -0.483 e. The van der Waals surface area contributed by atoms with Crippen molar-refractivity contribution < 1.29 is 14.3 Å². The van der Waals surface area contributed by atoms with Crippen molar-refractivity contribution in [2.45, 2.75) is 19.3 Å². The molecule has 2 amide bonds. The number of para-hydroxylation sites is 1. The molecule has 1 aromatic rings. The van der Waals surface area contributed by atoms with Crippen LogP contribution in [0.15, 0.2) is 24.3 Å². The summed E-state index contributed by atoms with van der Waals surface area (Å²) in [7, 11) is 5.33. The third-order valence-corrected chi connectivity index (χ3v) is 4.67. The van der Waals surface area contributed by atoms with E-state index in [1.807, 2.05) is 24.1 Å². The smallest absolute Gasteiger partial charge is 0.259 e. The monoisotopic (exact) mass is 347 g/mol. The second-order valence-electron chi connectivity index (χ2n) is 6.70. The largest absolute Gasteiger partial charge is 0.483 e. The van der Waals surface area contributed by atoms with E-state index in [-0.39, 0.29) is 18.4 Å². The molecule has 1 aliphatic rings. The van der Waals surface area contributed by atoms with Gasteiger partial charge in [-0.2, -0.15) is 0 Å². The average Bonchev–Trinajstić information content (AvgIpc) is 2.64. The zero-order valence-corrected chi connectivity index (χ0v) is 15.5. The maximum absolute atomic E-state index is 12.9. The molecule has 6 heteroatoms. The van der Waals surface area contributed by atoms with Crippen LogP contribution in [0.4, 0.5) is 0 Å². The first-order chi connectivity index (χ1) is 12.0. The zero-order valence-electron chi connectivity index (χ0n) is 15.5. The number of likely N-dealkylation sites (N-methyl/N-ethyl adjacent to an activating group) is 1. The molecule has 1 saturated heterocycles. The third-order valence-electron chi connectivity index (χ3n) is 4.67. The van der Waals surface area contributed by atoms with Gasteiger partial charge in [-0.05, 0) is 50.9 Å². The Bertz CT molecular complexity index is 581. The van der Waals surface area contributed by atoms with Crippen molar-refractivity contribution in [1.29, 1.82) is 0 Å². The minimum absolute atomic E-state index is 0.0139. The highest BCUT2D eigenvalue weighted by Gasteiger charge is 2.25. The molecule has 1 heterocycles. The molecule has 0 radical (unpaired) electrons. The Morgan fingerprint density at radius 2 is 1.92 bits per heavy atom. The lowest BCUT2D eigenvalue weighted by atomic mass is 9.93. The van der Waals surface area contributed by atoms with E-state index < -0.39 is 0 Å². The predicted octanol–water partition coefficient (Wildman–Crippen LogP) is 1.62. The van der Waals surface area contributed by atoms with Gasteiger partial charge >= 0.3 is 0 Å². The highest BCUT2D eigenvalue weighted by molar-refractivity contribution is 5.97. The number of carbonyl (C=O) groups is 2. The highest BCUT2D eigenvalue weighted by atomic mass is 16.5. The topological polar surface area (TPSA) is 61.9 Å². The summed E-state index contributed by atoms with van der Waals surface area (Å²) in [5.41, 5.74) is 0.530. The molecule has 6 nitrogen and oxygen atoms in total. The molecule has 138 valence electrons.